The Hall–Kier alpha value is -1.10. The molecular formula is C14H18BrFO3. The summed E-state index contributed by atoms with van der Waals surface area (Å²) in [5, 5.41) is 0. The van der Waals surface area contributed by atoms with E-state index >= 15 is 0 Å². The quantitative estimate of drug-likeness (QED) is 0.786. The average Bonchev–Trinajstić information content (AvgIpc) is 2.28. The fraction of sp³-hybridized carbons (Fsp3) is 0.500. The third kappa shape index (κ3) is 4.49. The smallest absolute Gasteiger partial charge is 0.344 e. The Morgan fingerprint density at radius 1 is 1.37 bits per heavy atom. The van der Waals surface area contributed by atoms with Crippen LogP contribution in [0.3, 0.4) is 0 Å². The molecule has 3 nitrogen and oxygen atoms in total. The van der Waals surface area contributed by atoms with E-state index in [0.29, 0.717) is 22.4 Å². The van der Waals surface area contributed by atoms with Gasteiger partial charge in [-0.05, 0) is 39.9 Å². The Balaban J connectivity index is 2.88. The lowest BCUT2D eigenvalue weighted by atomic mass is 9.86. The highest BCUT2D eigenvalue weighted by molar-refractivity contribution is 9.10. The molecule has 0 unspecified atom stereocenters. The van der Waals surface area contributed by atoms with Crippen LogP contribution >= 0.6 is 15.9 Å². The highest BCUT2D eigenvalue weighted by atomic mass is 79.9. The van der Waals surface area contributed by atoms with Gasteiger partial charge in [-0.15, -0.1) is 0 Å². The second-order valence-electron chi connectivity index (χ2n) is 5.11. The molecule has 0 aliphatic carbocycles. The van der Waals surface area contributed by atoms with Gasteiger partial charge < -0.3 is 9.47 Å². The summed E-state index contributed by atoms with van der Waals surface area (Å²) in [6, 6.07) is 2.96. The van der Waals surface area contributed by atoms with Crippen molar-refractivity contribution in [2.75, 3.05) is 13.2 Å². The molecule has 0 N–H and O–H groups in total. The van der Waals surface area contributed by atoms with Crippen LogP contribution in [0.2, 0.25) is 0 Å². The Labute approximate surface area is 121 Å². The van der Waals surface area contributed by atoms with E-state index < -0.39 is 5.97 Å². The minimum absolute atomic E-state index is 0.235. The average molecular weight is 333 g/mol. The first-order valence-corrected chi connectivity index (χ1v) is 6.83. The number of ether oxygens (including phenoxy) is 2. The summed E-state index contributed by atoms with van der Waals surface area (Å²) in [6.45, 7) is 7.55. The van der Waals surface area contributed by atoms with E-state index in [4.69, 9.17) is 9.47 Å². The van der Waals surface area contributed by atoms with Crippen molar-refractivity contribution in [3.8, 4) is 5.75 Å². The maximum absolute atomic E-state index is 14.0. The van der Waals surface area contributed by atoms with Gasteiger partial charge in [0.25, 0.3) is 0 Å². The molecule has 0 fully saturated rings. The second-order valence-corrected chi connectivity index (χ2v) is 5.96. The third-order valence-corrected chi connectivity index (χ3v) is 3.10. The van der Waals surface area contributed by atoms with E-state index in [1.807, 2.05) is 20.8 Å². The van der Waals surface area contributed by atoms with Gasteiger partial charge in [0.15, 0.2) is 6.61 Å². The number of benzene rings is 1. The standard InChI is InChI=1S/C14H18BrFO3/c1-5-18-13(17)8-19-12-7-11(16)9(6-10(12)15)14(2,3)4/h6-7H,5,8H2,1-4H3. The molecule has 19 heavy (non-hydrogen) atoms. The maximum Gasteiger partial charge on any atom is 0.344 e. The van der Waals surface area contributed by atoms with Crippen molar-refractivity contribution in [2.24, 2.45) is 0 Å². The molecule has 0 spiro atoms. The van der Waals surface area contributed by atoms with Crippen LogP contribution in [0.1, 0.15) is 33.3 Å². The summed E-state index contributed by atoms with van der Waals surface area (Å²) < 4.78 is 24.6. The van der Waals surface area contributed by atoms with Crippen LogP contribution in [0.15, 0.2) is 16.6 Å². The first-order valence-electron chi connectivity index (χ1n) is 6.03. The molecule has 1 aromatic rings. The molecule has 0 heterocycles. The van der Waals surface area contributed by atoms with E-state index in [-0.39, 0.29) is 17.8 Å². The van der Waals surface area contributed by atoms with Crippen LogP contribution in [0, 0.1) is 5.82 Å². The summed E-state index contributed by atoms with van der Waals surface area (Å²) >= 11 is 3.32. The van der Waals surface area contributed by atoms with Crippen LogP contribution in [-0.4, -0.2) is 19.2 Å². The Bertz CT molecular complexity index is 466. The third-order valence-electron chi connectivity index (χ3n) is 2.48. The monoisotopic (exact) mass is 332 g/mol. The molecule has 0 bridgehead atoms. The van der Waals surface area contributed by atoms with E-state index in [1.165, 1.54) is 6.07 Å². The van der Waals surface area contributed by atoms with Gasteiger partial charge in [-0.3, -0.25) is 0 Å². The van der Waals surface area contributed by atoms with Gasteiger partial charge in [0, 0.05) is 6.07 Å². The first kappa shape index (κ1) is 16.0. The largest absolute Gasteiger partial charge is 0.481 e. The first-order chi connectivity index (χ1) is 8.75. The van der Waals surface area contributed by atoms with Crippen molar-refractivity contribution in [3.63, 3.8) is 0 Å². The molecular weight excluding hydrogens is 315 g/mol. The Morgan fingerprint density at radius 2 is 2.00 bits per heavy atom. The predicted octanol–water partition coefficient (Wildman–Crippen LogP) is 3.83. The summed E-state index contributed by atoms with van der Waals surface area (Å²) in [5.74, 6) is -0.539. The molecule has 5 heteroatoms. The van der Waals surface area contributed by atoms with Crippen molar-refractivity contribution in [2.45, 2.75) is 33.1 Å². The van der Waals surface area contributed by atoms with E-state index in [2.05, 4.69) is 15.9 Å². The summed E-state index contributed by atoms with van der Waals surface area (Å²) in [5.41, 5.74) is 0.287. The molecule has 106 valence electrons. The highest BCUT2D eigenvalue weighted by Crippen LogP contribution is 2.33. The van der Waals surface area contributed by atoms with Gasteiger partial charge in [0.2, 0.25) is 0 Å². The van der Waals surface area contributed by atoms with Gasteiger partial charge in [-0.25, -0.2) is 9.18 Å². The van der Waals surface area contributed by atoms with Crippen LogP contribution in [0.4, 0.5) is 4.39 Å². The number of halogens is 2. The minimum atomic E-state index is -0.477. The Kier molecular flexibility index (Phi) is 5.35. The number of hydrogen-bond acceptors (Lipinski definition) is 3. The van der Waals surface area contributed by atoms with Crippen molar-refractivity contribution >= 4 is 21.9 Å². The number of esters is 1. The fourth-order valence-electron chi connectivity index (χ4n) is 1.55. The number of carbonyl (C=O) groups is 1. The zero-order valence-electron chi connectivity index (χ0n) is 11.5. The lowest BCUT2D eigenvalue weighted by molar-refractivity contribution is -0.145. The van der Waals surface area contributed by atoms with Crippen LogP contribution in [0.25, 0.3) is 0 Å². The normalized spacial score (nSPS) is 11.3. The van der Waals surface area contributed by atoms with E-state index in [0.717, 1.165) is 0 Å². The highest BCUT2D eigenvalue weighted by Gasteiger charge is 2.21. The molecule has 0 aliphatic rings. The number of hydrogen-bond donors (Lipinski definition) is 0. The minimum Gasteiger partial charge on any atom is -0.481 e. The molecule has 0 aliphatic heterocycles. The van der Waals surface area contributed by atoms with Gasteiger partial charge in [-0.1, -0.05) is 20.8 Å². The molecule has 0 saturated heterocycles. The Morgan fingerprint density at radius 3 is 2.53 bits per heavy atom. The molecule has 0 radical (unpaired) electrons. The van der Waals surface area contributed by atoms with Crippen LogP contribution < -0.4 is 4.74 Å². The van der Waals surface area contributed by atoms with Gasteiger partial charge >= 0.3 is 5.97 Å². The fourth-order valence-corrected chi connectivity index (χ4v) is 2.01. The number of rotatable bonds is 4. The van der Waals surface area contributed by atoms with Crippen molar-refractivity contribution in [3.05, 3.63) is 28.0 Å². The lowest BCUT2D eigenvalue weighted by Crippen LogP contribution is -2.16. The molecule has 1 aromatic carbocycles. The van der Waals surface area contributed by atoms with E-state index in [1.54, 1.807) is 13.0 Å². The lowest BCUT2D eigenvalue weighted by Gasteiger charge is -2.21. The zero-order valence-corrected chi connectivity index (χ0v) is 13.1. The van der Waals surface area contributed by atoms with Crippen molar-refractivity contribution < 1.29 is 18.7 Å². The van der Waals surface area contributed by atoms with Crippen LogP contribution in [-0.2, 0) is 14.9 Å². The topological polar surface area (TPSA) is 35.5 Å². The maximum atomic E-state index is 14.0. The summed E-state index contributed by atoms with van der Waals surface area (Å²) in [4.78, 5) is 11.2. The second kappa shape index (κ2) is 6.37. The zero-order chi connectivity index (χ0) is 14.6. The summed E-state index contributed by atoms with van der Waals surface area (Å²) in [6.07, 6.45) is 0. The van der Waals surface area contributed by atoms with Crippen molar-refractivity contribution in [1.29, 1.82) is 0 Å². The van der Waals surface area contributed by atoms with Gasteiger partial charge in [-0.2, -0.15) is 0 Å². The molecule has 0 saturated carbocycles. The SMILES string of the molecule is CCOC(=O)COc1cc(F)c(C(C)(C)C)cc1Br. The number of carbonyl (C=O) groups excluding carboxylic acids is 1. The van der Waals surface area contributed by atoms with Gasteiger partial charge in [0.05, 0.1) is 11.1 Å². The summed E-state index contributed by atoms with van der Waals surface area (Å²) in [7, 11) is 0. The van der Waals surface area contributed by atoms with Crippen LogP contribution in [0.5, 0.6) is 5.75 Å². The predicted molar refractivity (Wildman–Crippen MR) is 74.9 cm³/mol. The molecule has 0 atom stereocenters. The van der Waals surface area contributed by atoms with Crippen molar-refractivity contribution in [1.82, 2.24) is 0 Å². The van der Waals surface area contributed by atoms with E-state index in [9.17, 15) is 9.18 Å². The molecule has 0 amide bonds. The molecule has 0 aromatic heterocycles. The molecule has 1 rings (SSSR count). The van der Waals surface area contributed by atoms with Gasteiger partial charge in [0.1, 0.15) is 11.6 Å².